The molecule has 0 saturated heterocycles. The molecule has 0 heterocycles. The topological polar surface area (TPSA) is 66.4 Å². The number of nitrogens with one attached hydrogen (secondary N) is 1. The molecule has 86 valence electrons. The van der Waals surface area contributed by atoms with Gasteiger partial charge >= 0.3 is 5.91 Å². The fraction of sp³-hybridized carbons (Fsp3) is 0.818. The molecule has 15 heavy (non-hydrogen) atoms. The fourth-order valence-electron chi connectivity index (χ4n) is 2.20. The number of hydroxylamine groups is 1. The molecule has 0 radical (unpaired) electrons. The van der Waals surface area contributed by atoms with Crippen LogP contribution in [-0.4, -0.2) is 16.9 Å². The van der Waals surface area contributed by atoms with E-state index in [0.29, 0.717) is 0 Å². The van der Waals surface area contributed by atoms with Crippen LogP contribution in [-0.2, 0) is 9.59 Å². The van der Waals surface area contributed by atoms with Gasteiger partial charge < -0.3 is 0 Å². The first kappa shape index (κ1) is 12.2. The smallest absolute Gasteiger partial charge is 0.289 e. The van der Waals surface area contributed by atoms with Crippen LogP contribution in [0.3, 0.4) is 0 Å². The van der Waals surface area contributed by atoms with Crippen molar-refractivity contribution in [3.05, 3.63) is 0 Å². The van der Waals surface area contributed by atoms with Gasteiger partial charge in [0.1, 0.15) is 0 Å². The Hall–Kier alpha value is -0.900. The zero-order valence-corrected chi connectivity index (χ0v) is 9.00. The molecule has 0 unspecified atom stereocenters. The molecule has 0 aliphatic heterocycles. The van der Waals surface area contributed by atoms with Gasteiger partial charge in [0.05, 0.1) is 0 Å². The van der Waals surface area contributed by atoms with Crippen molar-refractivity contribution in [2.75, 3.05) is 0 Å². The molecule has 4 heteroatoms. The second-order valence-electron chi connectivity index (χ2n) is 4.26. The SMILES string of the molecule is O=C(CCCC1CCCCC1)C(=O)NO. The zero-order chi connectivity index (χ0) is 11.1. The van der Waals surface area contributed by atoms with Crippen molar-refractivity contribution < 1.29 is 14.8 Å². The molecule has 0 aromatic heterocycles. The summed E-state index contributed by atoms with van der Waals surface area (Å²) in [5, 5.41) is 8.23. The van der Waals surface area contributed by atoms with Crippen LogP contribution in [0, 0.1) is 5.92 Å². The Kier molecular flexibility index (Phi) is 5.32. The van der Waals surface area contributed by atoms with Crippen LogP contribution in [0.15, 0.2) is 0 Å². The number of ketones is 1. The molecule has 1 saturated carbocycles. The van der Waals surface area contributed by atoms with E-state index in [1.165, 1.54) is 37.6 Å². The molecule has 0 bridgehead atoms. The molecule has 1 fully saturated rings. The maximum atomic E-state index is 11.0. The molecule has 2 N–H and O–H groups in total. The van der Waals surface area contributed by atoms with Crippen LogP contribution < -0.4 is 5.48 Å². The van der Waals surface area contributed by atoms with Crippen LogP contribution >= 0.6 is 0 Å². The summed E-state index contributed by atoms with van der Waals surface area (Å²) in [5.74, 6) is -0.671. The average molecular weight is 213 g/mol. The monoisotopic (exact) mass is 213 g/mol. The number of hydrogen-bond acceptors (Lipinski definition) is 3. The van der Waals surface area contributed by atoms with Crippen molar-refractivity contribution in [3.63, 3.8) is 0 Å². The molecule has 4 nitrogen and oxygen atoms in total. The highest BCUT2D eigenvalue weighted by molar-refractivity contribution is 6.35. The van der Waals surface area contributed by atoms with E-state index in [1.54, 1.807) is 0 Å². The second-order valence-corrected chi connectivity index (χ2v) is 4.26. The van der Waals surface area contributed by atoms with Crippen LogP contribution in [0.25, 0.3) is 0 Å². The minimum absolute atomic E-state index is 0.253. The lowest BCUT2D eigenvalue weighted by atomic mass is 9.85. The van der Waals surface area contributed by atoms with Crippen molar-refractivity contribution in [1.29, 1.82) is 0 Å². The molecule has 0 aromatic rings. The lowest BCUT2D eigenvalue weighted by molar-refractivity contribution is -0.143. The van der Waals surface area contributed by atoms with E-state index in [0.717, 1.165) is 18.8 Å². The highest BCUT2D eigenvalue weighted by atomic mass is 16.5. The fourth-order valence-corrected chi connectivity index (χ4v) is 2.20. The Morgan fingerprint density at radius 3 is 2.47 bits per heavy atom. The molecule has 0 aromatic carbocycles. The van der Waals surface area contributed by atoms with Gasteiger partial charge in [0, 0.05) is 6.42 Å². The first-order valence-electron chi connectivity index (χ1n) is 5.71. The Morgan fingerprint density at radius 1 is 1.20 bits per heavy atom. The highest BCUT2D eigenvalue weighted by Gasteiger charge is 2.16. The molecular weight excluding hydrogens is 194 g/mol. The van der Waals surface area contributed by atoms with Gasteiger partial charge in [0.25, 0.3) is 0 Å². The summed E-state index contributed by atoms with van der Waals surface area (Å²) in [6, 6.07) is 0. The van der Waals surface area contributed by atoms with Gasteiger partial charge in [-0.1, -0.05) is 38.5 Å². The maximum Gasteiger partial charge on any atom is 0.310 e. The molecular formula is C11H19NO3. The van der Waals surface area contributed by atoms with E-state index in [4.69, 9.17) is 5.21 Å². The lowest BCUT2D eigenvalue weighted by Gasteiger charge is -2.20. The molecule has 1 rings (SSSR count). The normalized spacial score (nSPS) is 17.4. The Balaban J connectivity index is 2.09. The third kappa shape index (κ3) is 4.42. The number of Topliss-reactive ketones (excluding diaryl/α,β-unsaturated/α-hetero) is 1. The van der Waals surface area contributed by atoms with Crippen LogP contribution in [0.1, 0.15) is 51.4 Å². The molecule has 1 aliphatic rings. The van der Waals surface area contributed by atoms with Gasteiger partial charge in [0.15, 0.2) is 0 Å². The third-order valence-corrected chi connectivity index (χ3v) is 3.10. The van der Waals surface area contributed by atoms with Crippen LogP contribution in [0.5, 0.6) is 0 Å². The standard InChI is InChI=1S/C11H19NO3/c13-10(11(14)12-15)8-4-7-9-5-2-1-3-6-9/h9,15H,1-8H2,(H,12,14). The third-order valence-electron chi connectivity index (χ3n) is 3.10. The van der Waals surface area contributed by atoms with Crippen LogP contribution in [0.4, 0.5) is 0 Å². The Bertz CT molecular complexity index is 222. The molecule has 0 atom stereocenters. The zero-order valence-electron chi connectivity index (χ0n) is 9.00. The summed E-state index contributed by atoms with van der Waals surface area (Å²) in [6.07, 6.45) is 8.51. The Morgan fingerprint density at radius 2 is 1.87 bits per heavy atom. The number of rotatable bonds is 5. The van der Waals surface area contributed by atoms with E-state index in [-0.39, 0.29) is 6.42 Å². The van der Waals surface area contributed by atoms with Gasteiger partial charge in [0.2, 0.25) is 5.78 Å². The lowest BCUT2D eigenvalue weighted by Crippen LogP contribution is -2.27. The van der Waals surface area contributed by atoms with Crippen molar-refractivity contribution in [3.8, 4) is 0 Å². The first-order chi connectivity index (χ1) is 7.24. The van der Waals surface area contributed by atoms with Gasteiger partial charge in [-0.15, -0.1) is 0 Å². The minimum atomic E-state index is -0.890. The van der Waals surface area contributed by atoms with E-state index in [1.807, 2.05) is 0 Å². The van der Waals surface area contributed by atoms with Gasteiger partial charge in [-0.2, -0.15) is 0 Å². The van der Waals surface area contributed by atoms with Gasteiger partial charge in [-0.3, -0.25) is 14.8 Å². The quantitative estimate of drug-likeness (QED) is 0.416. The largest absolute Gasteiger partial charge is 0.310 e. The van der Waals surface area contributed by atoms with Crippen molar-refractivity contribution in [2.45, 2.75) is 51.4 Å². The van der Waals surface area contributed by atoms with Gasteiger partial charge in [-0.05, 0) is 12.3 Å². The van der Waals surface area contributed by atoms with Gasteiger partial charge in [-0.25, -0.2) is 5.48 Å². The molecule has 0 spiro atoms. The van der Waals surface area contributed by atoms with Crippen molar-refractivity contribution in [1.82, 2.24) is 5.48 Å². The predicted octanol–water partition coefficient (Wildman–Crippen LogP) is 1.81. The summed E-state index contributed by atoms with van der Waals surface area (Å²) in [5.41, 5.74) is 1.36. The summed E-state index contributed by atoms with van der Waals surface area (Å²) in [4.78, 5) is 21.7. The van der Waals surface area contributed by atoms with Crippen molar-refractivity contribution in [2.24, 2.45) is 5.92 Å². The number of hydrogen-bond donors (Lipinski definition) is 2. The van der Waals surface area contributed by atoms with E-state index < -0.39 is 11.7 Å². The highest BCUT2D eigenvalue weighted by Crippen LogP contribution is 2.27. The van der Waals surface area contributed by atoms with E-state index >= 15 is 0 Å². The summed E-state index contributed by atoms with van der Waals surface area (Å²) in [7, 11) is 0. The average Bonchev–Trinajstić information content (AvgIpc) is 2.29. The van der Waals surface area contributed by atoms with Crippen LogP contribution in [0.2, 0.25) is 0 Å². The first-order valence-corrected chi connectivity index (χ1v) is 5.71. The van der Waals surface area contributed by atoms with E-state index in [2.05, 4.69) is 0 Å². The summed E-state index contributed by atoms with van der Waals surface area (Å²) in [6.45, 7) is 0. The minimum Gasteiger partial charge on any atom is -0.289 e. The summed E-state index contributed by atoms with van der Waals surface area (Å²) < 4.78 is 0. The summed E-state index contributed by atoms with van der Waals surface area (Å²) >= 11 is 0. The molecule has 1 amide bonds. The van der Waals surface area contributed by atoms with Crippen molar-refractivity contribution >= 4 is 11.7 Å². The molecule has 1 aliphatic carbocycles. The predicted molar refractivity (Wildman–Crippen MR) is 55.4 cm³/mol. The number of carbonyl (C=O) groups is 2. The Labute approximate surface area is 90.0 Å². The number of amides is 1. The number of carbonyl (C=O) groups excluding carboxylic acids is 2. The maximum absolute atomic E-state index is 11.0. The van der Waals surface area contributed by atoms with E-state index in [9.17, 15) is 9.59 Å². The second kappa shape index (κ2) is 6.56.